The molecule has 1 aromatic carbocycles. The van der Waals surface area contributed by atoms with Crippen LogP contribution in [0.5, 0.6) is 0 Å². The van der Waals surface area contributed by atoms with Crippen LogP contribution in [-0.2, 0) is 14.8 Å². The molecule has 0 aliphatic heterocycles. The Bertz CT molecular complexity index is 849. The van der Waals surface area contributed by atoms with Crippen LogP contribution < -0.4 is 10.0 Å². The third kappa shape index (κ3) is 5.09. The van der Waals surface area contributed by atoms with Gasteiger partial charge in [-0.3, -0.25) is 4.79 Å². The number of benzene rings is 1. The van der Waals surface area contributed by atoms with E-state index in [0.29, 0.717) is 11.4 Å². The smallest absolute Gasteiger partial charge is 0.257 e. The number of nitrogens with zero attached hydrogens (tertiary/aromatic N) is 1. The fourth-order valence-corrected chi connectivity index (χ4v) is 3.14. The van der Waals surface area contributed by atoms with Crippen molar-refractivity contribution in [3.63, 3.8) is 0 Å². The number of nitrogens with one attached hydrogen (secondary N) is 2. The Hall–Kier alpha value is -2.29. The number of methoxy groups -OCH3 is 1. The normalized spacial score (nSPS) is 11.3. The highest BCUT2D eigenvalue weighted by molar-refractivity contribution is 7.89. The van der Waals surface area contributed by atoms with E-state index in [0.717, 1.165) is 5.56 Å². The average molecular weight is 363 g/mol. The summed E-state index contributed by atoms with van der Waals surface area (Å²) in [6.45, 7) is 4.05. The summed E-state index contributed by atoms with van der Waals surface area (Å²) in [6.07, 6.45) is 1.64. The third-order valence-corrected chi connectivity index (χ3v) is 4.97. The summed E-state index contributed by atoms with van der Waals surface area (Å²) in [5, 5.41) is 2.67. The molecule has 25 heavy (non-hydrogen) atoms. The second kappa shape index (κ2) is 8.19. The van der Waals surface area contributed by atoms with Gasteiger partial charge < -0.3 is 10.1 Å². The first-order valence-corrected chi connectivity index (χ1v) is 9.15. The van der Waals surface area contributed by atoms with Crippen molar-refractivity contribution in [1.82, 2.24) is 9.71 Å². The Morgan fingerprint density at radius 1 is 1.20 bits per heavy atom. The van der Waals surface area contributed by atoms with E-state index in [-0.39, 0.29) is 23.6 Å². The molecule has 0 fully saturated rings. The predicted octanol–water partition coefficient (Wildman–Crippen LogP) is 1.88. The molecule has 134 valence electrons. The number of amides is 1. The Morgan fingerprint density at radius 2 is 1.96 bits per heavy atom. The van der Waals surface area contributed by atoms with E-state index < -0.39 is 15.9 Å². The van der Waals surface area contributed by atoms with Gasteiger partial charge in [-0.05, 0) is 43.2 Å². The van der Waals surface area contributed by atoms with Crippen LogP contribution in [0.4, 0.5) is 5.82 Å². The molecule has 8 heteroatoms. The molecule has 0 aliphatic carbocycles. The fourth-order valence-electron chi connectivity index (χ4n) is 2.10. The number of hydrogen-bond acceptors (Lipinski definition) is 5. The largest absolute Gasteiger partial charge is 0.383 e. The van der Waals surface area contributed by atoms with Crippen molar-refractivity contribution in [2.24, 2.45) is 0 Å². The summed E-state index contributed by atoms with van der Waals surface area (Å²) in [5.74, 6) is -0.00993. The molecule has 1 heterocycles. The van der Waals surface area contributed by atoms with E-state index in [1.807, 2.05) is 13.0 Å². The molecule has 0 unspecified atom stereocenters. The number of rotatable bonds is 7. The van der Waals surface area contributed by atoms with Crippen LogP contribution in [0.25, 0.3) is 0 Å². The number of hydrogen-bond donors (Lipinski definition) is 2. The Balaban J connectivity index is 2.23. The standard InChI is InChI=1S/C17H21N3O4S/c1-12-4-7-16(18-11-12)20-17(21)15-10-14(6-5-13(15)2)25(22,23)19-8-9-24-3/h4-7,10-11,19H,8-9H2,1-3H3,(H,18,20,21). The van der Waals surface area contributed by atoms with Crippen LogP contribution in [0, 0.1) is 13.8 Å². The molecular formula is C17H21N3O4S. The van der Waals surface area contributed by atoms with E-state index in [2.05, 4.69) is 15.0 Å². The van der Waals surface area contributed by atoms with Crippen molar-refractivity contribution in [1.29, 1.82) is 0 Å². The van der Waals surface area contributed by atoms with Crippen molar-refractivity contribution in [2.75, 3.05) is 25.6 Å². The SMILES string of the molecule is COCCNS(=O)(=O)c1ccc(C)c(C(=O)Nc2ccc(C)cn2)c1. The van der Waals surface area contributed by atoms with Crippen molar-refractivity contribution in [3.05, 3.63) is 53.2 Å². The Labute approximate surface area is 147 Å². The summed E-state index contributed by atoms with van der Waals surface area (Å²) in [4.78, 5) is 16.6. The maximum absolute atomic E-state index is 12.5. The van der Waals surface area contributed by atoms with Crippen molar-refractivity contribution < 1.29 is 17.9 Å². The van der Waals surface area contributed by atoms with Crippen LogP contribution in [0.2, 0.25) is 0 Å². The molecule has 2 N–H and O–H groups in total. The maximum atomic E-state index is 12.5. The molecule has 0 aliphatic rings. The van der Waals surface area contributed by atoms with Gasteiger partial charge in [0.2, 0.25) is 10.0 Å². The van der Waals surface area contributed by atoms with Gasteiger partial charge in [-0.25, -0.2) is 18.1 Å². The van der Waals surface area contributed by atoms with Crippen LogP contribution in [0.15, 0.2) is 41.4 Å². The lowest BCUT2D eigenvalue weighted by atomic mass is 10.1. The molecule has 2 rings (SSSR count). The Kier molecular flexibility index (Phi) is 6.24. The maximum Gasteiger partial charge on any atom is 0.257 e. The lowest BCUT2D eigenvalue weighted by Crippen LogP contribution is -2.27. The van der Waals surface area contributed by atoms with Gasteiger partial charge in [0.25, 0.3) is 5.91 Å². The van der Waals surface area contributed by atoms with Gasteiger partial charge in [0.05, 0.1) is 11.5 Å². The minimum Gasteiger partial charge on any atom is -0.383 e. The number of carbonyl (C=O) groups excluding carboxylic acids is 1. The molecule has 0 saturated heterocycles. The number of aromatic nitrogens is 1. The number of aryl methyl sites for hydroxylation is 2. The summed E-state index contributed by atoms with van der Waals surface area (Å²) in [7, 11) is -2.22. The summed E-state index contributed by atoms with van der Waals surface area (Å²) in [6, 6.07) is 7.94. The quantitative estimate of drug-likeness (QED) is 0.732. The summed E-state index contributed by atoms with van der Waals surface area (Å²) >= 11 is 0. The van der Waals surface area contributed by atoms with E-state index in [9.17, 15) is 13.2 Å². The molecule has 7 nitrogen and oxygen atoms in total. The molecule has 0 bridgehead atoms. The van der Waals surface area contributed by atoms with Gasteiger partial charge in [-0.15, -0.1) is 0 Å². The molecule has 1 amide bonds. The predicted molar refractivity (Wildman–Crippen MR) is 95.2 cm³/mol. The van der Waals surface area contributed by atoms with Gasteiger partial charge in [0, 0.05) is 25.4 Å². The van der Waals surface area contributed by atoms with E-state index in [4.69, 9.17) is 4.74 Å². The van der Waals surface area contributed by atoms with Crippen molar-refractivity contribution in [2.45, 2.75) is 18.7 Å². The summed E-state index contributed by atoms with van der Waals surface area (Å²) < 4.78 is 31.8. The number of anilines is 1. The lowest BCUT2D eigenvalue weighted by Gasteiger charge is -2.11. The van der Waals surface area contributed by atoms with Crippen LogP contribution in [0.1, 0.15) is 21.5 Å². The van der Waals surface area contributed by atoms with Gasteiger partial charge in [0.15, 0.2) is 0 Å². The number of carbonyl (C=O) groups is 1. The molecule has 1 aromatic heterocycles. The zero-order valence-corrected chi connectivity index (χ0v) is 15.2. The third-order valence-electron chi connectivity index (χ3n) is 3.52. The van der Waals surface area contributed by atoms with Crippen molar-refractivity contribution in [3.8, 4) is 0 Å². The minimum absolute atomic E-state index is 0.0243. The van der Waals surface area contributed by atoms with Gasteiger partial charge in [-0.1, -0.05) is 12.1 Å². The Morgan fingerprint density at radius 3 is 2.60 bits per heavy atom. The lowest BCUT2D eigenvalue weighted by molar-refractivity contribution is 0.102. The highest BCUT2D eigenvalue weighted by Crippen LogP contribution is 2.17. The molecule has 0 radical (unpaired) electrons. The van der Waals surface area contributed by atoms with E-state index in [1.54, 1.807) is 25.3 Å². The second-order valence-corrected chi connectivity index (χ2v) is 7.31. The monoisotopic (exact) mass is 363 g/mol. The van der Waals surface area contributed by atoms with Gasteiger partial charge >= 0.3 is 0 Å². The first-order chi connectivity index (χ1) is 11.8. The first-order valence-electron chi connectivity index (χ1n) is 7.67. The zero-order chi connectivity index (χ0) is 18.4. The van der Waals surface area contributed by atoms with Gasteiger partial charge in [0.1, 0.15) is 5.82 Å². The summed E-state index contributed by atoms with van der Waals surface area (Å²) in [5.41, 5.74) is 1.92. The molecule has 2 aromatic rings. The molecule has 0 spiro atoms. The fraction of sp³-hybridized carbons (Fsp3) is 0.294. The van der Waals surface area contributed by atoms with E-state index in [1.165, 1.54) is 19.2 Å². The second-order valence-electron chi connectivity index (χ2n) is 5.54. The first kappa shape index (κ1) is 19.0. The zero-order valence-electron chi connectivity index (χ0n) is 14.4. The van der Waals surface area contributed by atoms with Gasteiger partial charge in [-0.2, -0.15) is 0 Å². The van der Waals surface area contributed by atoms with Crippen LogP contribution in [-0.4, -0.2) is 39.6 Å². The minimum atomic E-state index is -3.71. The van der Waals surface area contributed by atoms with Crippen molar-refractivity contribution >= 4 is 21.7 Å². The van der Waals surface area contributed by atoms with Crippen LogP contribution in [0.3, 0.4) is 0 Å². The molecular weight excluding hydrogens is 342 g/mol. The topological polar surface area (TPSA) is 97.4 Å². The number of ether oxygens (including phenoxy) is 1. The highest BCUT2D eigenvalue weighted by atomic mass is 32.2. The van der Waals surface area contributed by atoms with Crippen LogP contribution >= 0.6 is 0 Å². The average Bonchev–Trinajstić information content (AvgIpc) is 2.57. The highest BCUT2D eigenvalue weighted by Gasteiger charge is 2.18. The van der Waals surface area contributed by atoms with E-state index >= 15 is 0 Å². The molecule has 0 atom stereocenters. The number of pyridine rings is 1. The number of sulfonamides is 1. The molecule has 0 saturated carbocycles.